The summed E-state index contributed by atoms with van der Waals surface area (Å²) in [7, 11) is 0. The van der Waals surface area contributed by atoms with Crippen LogP contribution in [0.1, 0.15) is 6.42 Å². The van der Waals surface area contributed by atoms with E-state index in [4.69, 9.17) is 23.2 Å². The van der Waals surface area contributed by atoms with Crippen LogP contribution in [0.3, 0.4) is 0 Å². The van der Waals surface area contributed by atoms with Crippen molar-refractivity contribution in [3.05, 3.63) is 24.3 Å². The van der Waals surface area contributed by atoms with Gasteiger partial charge in [-0.05, 0) is 23.2 Å². The van der Waals surface area contributed by atoms with Crippen molar-refractivity contribution in [3.8, 4) is 0 Å². The van der Waals surface area contributed by atoms with Gasteiger partial charge in [0.25, 0.3) is 0 Å². The Labute approximate surface area is 96.5 Å². The van der Waals surface area contributed by atoms with Crippen LogP contribution < -0.4 is 0 Å². The first-order valence-corrected chi connectivity index (χ1v) is 4.62. The highest BCUT2D eigenvalue weighted by Crippen LogP contribution is 2.07. The van der Waals surface area contributed by atoms with Crippen molar-refractivity contribution >= 4 is 39.7 Å². The van der Waals surface area contributed by atoms with Crippen LogP contribution in [0, 0.1) is 0 Å². The van der Waals surface area contributed by atoms with Crippen molar-refractivity contribution in [1.29, 1.82) is 0 Å². The summed E-state index contributed by atoms with van der Waals surface area (Å²) in [6.45, 7) is 3.11. The topological polar surface area (TPSA) is 60.4 Å². The quantitative estimate of drug-likeness (QED) is 0.408. The molecular weight excluding hydrogens is 243 g/mol. The first kappa shape index (κ1) is 13.9. The Balaban J connectivity index is 4.21. The van der Waals surface area contributed by atoms with E-state index in [0.717, 1.165) is 12.2 Å². The number of halogens is 2. The summed E-state index contributed by atoms with van der Waals surface area (Å²) in [5.74, 6) is -0.617. The Hall–Kier alpha value is -1.13. The van der Waals surface area contributed by atoms with Gasteiger partial charge in [0.05, 0.1) is 6.61 Å². The van der Waals surface area contributed by atoms with E-state index in [9.17, 15) is 14.4 Å². The molecule has 6 heteroatoms. The molecule has 0 aliphatic heterocycles. The second-order valence-corrected chi connectivity index (χ2v) is 3.08. The number of hydrogen-bond acceptors (Lipinski definition) is 4. The molecular formula is C9H8Cl2O4. The molecule has 0 rings (SSSR count). The number of carbonyl (C=O) groups excluding carboxylic acids is 3. The summed E-state index contributed by atoms with van der Waals surface area (Å²) in [6.07, 6.45) is 1.90. The lowest BCUT2D eigenvalue weighted by atomic mass is 10.2. The third-order valence-electron chi connectivity index (χ3n) is 1.32. The summed E-state index contributed by atoms with van der Waals surface area (Å²) in [5.41, 5.74) is -0.00599. The van der Waals surface area contributed by atoms with Crippen molar-refractivity contribution in [1.82, 2.24) is 0 Å². The first-order valence-electron chi connectivity index (χ1n) is 3.86. The molecule has 0 atom stereocenters. The van der Waals surface area contributed by atoms with Crippen LogP contribution in [0.5, 0.6) is 0 Å². The molecule has 0 aliphatic rings. The molecule has 0 aliphatic carbocycles. The number of rotatable bonds is 6. The number of carbonyl (C=O) groups is 3. The highest BCUT2D eigenvalue weighted by atomic mass is 35.5. The lowest BCUT2D eigenvalue weighted by molar-refractivity contribution is -0.137. The van der Waals surface area contributed by atoms with Crippen LogP contribution in [0.25, 0.3) is 0 Å². The van der Waals surface area contributed by atoms with E-state index < -0.39 is 16.5 Å². The van der Waals surface area contributed by atoms with E-state index in [2.05, 4.69) is 11.3 Å². The highest BCUT2D eigenvalue weighted by Gasteiger charge is 2.08. The lowest BCUT2D eigenvalue weighted by Crippen LogP contribution is -2.06. The molecule has 0 fully saturated rings. The van der Waals surface area contributed by atoms with E-state index in [-0.39, 0.29) is 18.6 Å². The van der Waals surface area contributed by atoms with Gasteiger partial charge in [0.1, 0.15) is 0 Å². The Morgan fingerprint density at radius 3 is 2.27 bits per heavy atom. The molecule has 0 unspecified atom stereocenters. The monoisotopic (exact) mass is 250 g/mol. The fourth-order valence-electron chi connectivity index (χ4n) is 0.685. The maximum Gasteiger partial charge on any atom is 0.330 e. The van der Waals surface area contributed by atoms with E-state index >= 15 is 0 Å². The largest absolute Gasteiger partial charge is 0.462 e. The first-order chi connectivity index (χ1) is 6.97. The second-order valence-electron chi connectivity index (χ2n) is 2.37. The summed E-state index contributed by atoms with van der Waals surface area (Å²) < 4.78 is 4.59. The predicted octanol–water partition coefficient (Wildman–Crippen LogP) is 1.56. The third kappa shape index (κ3) is 6.88. The van der Waals surface area contributed by atoms with Crippen molar-refractivity contribution in [2.45, 2.75) is 6.42 Å². The molecule has 4 nitrogen and oxygen atoms in total. The number of allylic oxidation sites excluding steroid dienone is 1. The molecule has 0 bridgehead atoms. The van der Waals surface area contributed by atoms with Crippen LogP contribution in [0.4, 0.5) is 0 Å². The van der Waals surface area contributed by atoms with Crippen molar-refractivity contribution in [3.63, 3.8) is 0 Å². The van der Waals surface area contributed by atoms with Gasteiger partial charge in [0, 0.05) is 24.1 Å². The number of hydrogen-bond donors (Lipinski definition) is 0. The Morgan fingerprint density at radius 2 is 1.87 bits per heavy atom. The summed E-state index contributed by atoms with van der Waals surface area (Å²) in [6, 6.07) is 0. The molecule has 0 saturated carbocycles. The normalized spacial score (nSPS) is 10.7. The van der Waals surface area contributed by atoms with Crippen molar-refractivity contribution in [2.24, 2.45) is 0 Å². The van der Waals surface area contributed by atoms with Gasteiger partial charge in [0.2, 0.25) is 10.5 Å². The van der Waals surface area contributed by atoms with Gasteiger partial charge in [-0.1, -0.05) is 6.58 Å². The minimum absolute atomic E-state index is 0.00599. The molecule has 0 aromatic carbocycles. The maximum atomic E-state index is 10.8. The highest BCUT2D eigenvalue weighted by molar-refractivity contribution is 6.70. The fourth-order valence-corrected chi connectivity index (χ4v) is 0.965. The summed E-state index contributed by atoms with van der Waals surface area (Å²) in [5, 5.41) is -1.62. The molecule has 0 amide bonds. The molecule has 0 aromatic heterocycles. The minimum atomic E-state index is -0.811. The van der Waals surface area contributed by atoms with E-state index in [1.54, 1.807) is 0 Å². The zero-order valence-electron chi connectivity index (χ0n) is 7.66. The van der Waals surface area contributed by atoms with Crippen molar-refractivity contribution in [2.75, 3.05) is 6.61 Å². The molecule has 82 valence electrons. The zero-order chi connectivity index (χ0) is 11.8. The Bertz CT molecular complexity index is 320. The molecule has 0 spiro atoms. The van der Waals surface area contributed by atoms with Crippen LogP contribution in [-0.2, 0) is 19.1 Å². The predicted molar refractivity (Wildman–Crippen MR) is 55.6 cm³/mol. The second kappa shape index (κ2) is 7.20. The molecule has 0 saturated heterocycles. The van der Waals surface area contributed by atoms with Crippen LogP contribution in [0.2, 0.25) is 0 Å². The smallest absolute Gasteiger partial charge is 0.330 e. The fraction of sp³-hybridized carbons (Fsp3) is 0.222. The van der Waals surface area contributed by atoms with Gasteiger partial charge in [-0.2, -0.15) is 0 Å². The third-order valence-corrected chi connectivity index (χ3v) is 1.67. The molecule has 0 N–H and O–H groups in total. The molecule has 0 heterocycles. The summed E-state index contributed by atoms with van der Waals surface area (Å²) >= 11 is 10.2. The standard InChI is InChI=1S/C9H8Cl2O4/c1-2-8(13)15-4-3-6(9(11)14)5-7(10)12/h2,5H,1,3-4H2/b6-5-. The number of ether oxygens (including phenoxy) is 1. The van der Waals surface area contributed by atoms with Gasteiger partial charge >= 0.3 is 5.97 Å². The van der Waals surface area contributed by atoms with Crippen LogP contribution in [-0.4, -0.2) is 23.1 Å². The molecule has 15 heavy (non-hydrogen) atoms. The Kier molecular flexibility index (Phi) is 6.66. The van der Waals surface area contributed by atoms with Gasteiger partial charge < -0.3 is 4.74 Å². The van der Waals surface area contributed by atoms with Gasteiger partial charge in [0.15, 0.2) is 0 Å². The van der Waals surface area contributed by atoms with E-state index in [0.29, 0.717) is 0 Å². The zero-order valence-corrected chi connectivity index (χ0v) is 9.18. The average molecular weight is 251 g/mol. The SMILES string of the molecule is C=CC(=O)OCC/C(=C/C(=O)Cl)C(=O)Cl. The Morgan fingerprint density at radius 1 is 1.27 bits per heavy atom. The van der Waals surface area contributed by atoms with E-state index in [1.165, 1.54) is 0 Å². The lowest BCUT2D eigenvalue weighted by Gasteiger charge is -2.02. The van der Waals surface area contributed by atoms with Crippen LogP contribution in [0.15, 0.2) is 24.3 Å². The minimum Gasteiger partial charge on any atom is -0.462 e. The molecule has 0 aromatic rings. The van der Waals surface area contributed by atoms with Gasteiger partial charge in [-0.25, -0.2) is 4.79 Å². The van der Waals surface area contributed by atoms with E-state index in [1.807, 2.05) is 0 Å². The van der Waals surface area contributed by atoms with Crippen LogP contribution >= 0.6 is 23.2 Å². The van der Waals surface area contributed by atoms with Gasteiger partial charge in [-0.15, -0.1) is 0 Å². The summed E-state index contributed by atoms with van der Waals surface area (Å²) in [4.78, 5) is 31.8. The number of esters is 1. The maximum absolute atomic E-state index is 10.8. The van der Waals surface area contributed by atoms with Gasteiger partial charge in [-0.3, -0.25) is 9.59 Å². The molecule has 0 radical (unpaired) electrons. The van der Waals surface area contributed by atoms with Crippen molar-refractivity contribution < 1.29 is 19.1 Å². The average Bonchev–Trinajstić information content (AvgIpc) is 2.15.